The molecule has 0 radical (unpaired) electrons. The average Bonchev–Trinajstić information content (AvgIpc) is 3.38. The molecule has 0 saturated heterocycles. The molecule has 1 amide bonds. The van der Waals surface area contributed by atoms with Crippen LogP contribution in [-0.4, -0.2) is 29.5 Å². The summed E-state index contributed by atoms with van der Waals surface area (Å²) in [6.07, 6.45) is 1.27. The van der Waals surface area contributed by atoms with Gasteiger partial charge in [-0.25, -0.2) is 0 Å². The first-order chi connectivity index (χ1) is 13.2. The zero-order valence-corrected chi connectivity index (χ0v) is 14.5. The minimum absolute atomic E-state index is 0.0885. The van der Waals surface area contributed by atoms with E-state index in [1.54, 1.807) is 24.3 Å². The molecule has 8 nitrogen and oxygen atoms in total. The number of hydrogen-bond donors (Lipinski definition) is 1. The molecule has 0 bridgehead atoms. The van der Waals surface area contributed by atoms with Crippen LogP contribution >= 0.6 is 0 Å². The minimum Gasteiger partial charge on any atom is -0.484 e. The van der Waals surface area contributed by atoms with Crippen LogP contribution in [0.2, 0.25) is 0 Å². The van der Waals surface area contributed by atoms with Gasteiger partial charge in [0.1, 0.15) is 5.75 Å². The van der Waals surface area contributed by atoms with Gasteiger partial charge in [-0.3, -0.25) is 4.79 Å². The smallest absolute Gasteiger partial charge is 0.258 e. The molecular weight excluding hydrogens is 350 g/mol. The highest BCUT2D eigenvalue weighted by molar-refractivity contribution is 5.78. The number of ether oxygens (including phenoxy) is 3. The second-order valence-corrected chi connectivity index (χ2v) is 5.96. The van der Waals surface area contributed by atoms with E-state index in [1.807, 2.05) is 25.1 Å². The Morgan fingerprint density at radius 2 is 2.00 bits per heavy atom. The lowest BCUT2D eigenvalue weighted by atomic mass is 10.1. The van der Waals surface area contributed by atoms with E-state index in [-0.39, 0.29) is 25.3 Å². The van der Waals surface area contributed by atoms with Gasteiger partial charge in [0, 0.05) is 5.56 Å². The van der Waals surface area contributed by atoms with Crippen molar-refractivity contribution >= 4 is 5.91 Å². The van der Waals surface area contributed by atoms with E-state index in [0.29, 0.717) is 23.1 Å². The molecule has 1 atom stereocenters. The predicted octanol–water partition coefficient (Wildman–Crippen LogP) is 2.72. The third-order valence-electron chi connectivity index (χ3n) is 4.11. The average molecular weight is 367 g/mol. The SMILES string of the molecule is C[C@H](NC(=O)COc1ccc(-c2nnco2)cc1)c1ccc2c(c1)OCO2. The molecule has 3 aromatic rings. The predicted molar refractivity (Wildman–Crippen MR) is 94.4 cm³/mol. The summed E-state index contributed by atoms with van der Waals surface area (Å²) in [6, 6.07) is 12.5. The number of rotatable bonds is 6. The van der Waals surface area contributed by atoms with E-state index in [2.05, 4.69) is 15.5 Å². The van der Waals surface area contributed by atoms with Crippen LogP contribution in [0.4, 0.5) is 0 Å². The summed E-state index contributed by atoms with van der Waals surface area (Å²) in [7, 11) is 0. The van der Waals surface area contributed by atoms with Gasteiger partial charge >= 0.3 is 0 Å². The molecule has 2 heterocycles. The number of nitrogens with zero attached hydrogens (tertiary/aromatic N) is 2. The van der Waals surface area contributed by atoms with E-state index < -0.39 is 0 Å². The quantitative estimate of drug-likeness (QED) is 0.715. The van der Waals surface area contributed by atoms with Crippen molar-refractivity contribution in [2.75, 3.05) is 13.4 Å². The zero-order valence-electron chi connectivity index (χ0n) is 14.5. The van der Waals surface area contributed by atoms with Gasteiger partial charge < -0.3 is 23.9 Å². The van der Waals surface area contributed by atoms with Crippen molar-refractivity contribution in [3.63, 3.8) is 0 Å². The maximum atomic E-state index is 12.2. The molecule has 0 spiro atoms. The molecule has 4 rings (SSSR count). The highest BCUT2D eigenvalue weighted by Gasteiger charge is 2.17. The van der Waals surface area contributed by atoms with Crippen molar-refractivity contribution in [1.29, 1.82) is 0 Å². The van der Waals surface area contributed by atoms with Gasteiger partial charge in [-0.15, -0.1) is 10.2 Å². The number of nitrogens with one attached hydrogen (secondary N) is 1. The molecule has 0 fully saturated rings. The summed E-state index contributed by atoms with van der Waals surface area (Å²) >= 11 is 0. The Balaban J connectivity index is 1.30. The molecule has 1 aromatic heterocycles. The van der Waals surface area contributed by atoms with Gasteiger partial charge in [0.05, 0.1) is 6.04 Å². The maximum Gasteiger partial charge on any atom is 0.258 e. The molecule has 27 heavy (non-hydrogen) atoms. The van der Waals surface area contributed by atoms with E-state index in [4.69, 9.17) is 18.6 Å². The molecule has 1 aliphatic heterocycles. The van der Waals surface area contributed by atoms with Crippen LogP contribution in [0, 0.1) is 0 Å². The fourth-order valence-electron chi connectivity index (χ4n) is 2.69. The first kappa shape index (κ1) is 16.9. The first-order valence-corrected chi connectivity index (χ1v) is 8.37. The van der Waals surface area contributed by atoms with Crippen molar-refractivity contribution < 1.29 is 23.4 Å². The molecule has 2 aromatic carbocycles. The van der Waals surface area contributed by atoms with Crippen LogP contribution < -0.4 is 19.5 Å². The van der Waals surface area contributed by atoms with Crippen LogP contribution in [0.3, 0.4) is 0 Å². The summed E-state index contributed by atoms with van der Waals surface area (Å²) < 4.78 is 21.3. The van der Waals surface area contributed by atoms with Gasteiger partial charge in [0.25, 0.3) is 5.91 Å². The second kappa shape index (κ2) is 7.36. The number of fused-ring (bicyclic) bond motifs is 1. The summed E-state index contributed by atoms with van der Waals surface area (Å²) in [5.74, 6) is 2.18. The number of hydrogen-bond acceptors (Lipinski definition) is 7. The summed E-state index contributed by atoms with van der Waals surface area (Å²) in [5, 5.41) is 10.4. The van der Waals surface area contributed by atoms with Gasteiger partial charge in [-0.1, -0.05) is 6.07 Å². The Morgan fingerprint density at radius 1 is 1.19 bits per heavy atom. The van der Waals surface area contributed by atoms with Gasteiger partial charge in [-0.05, 0) is 48.9 Å². The number of benzene rings is 2. The van der Waals surface area contributed by atoms with Crippen molar-refractivity contribution in [2.45, 2.75) is 13.0 Å². The fourth-order valence-corrected chi connectivity index (χ4v) is 2.69. The van der Waals surface area contributed by atoms with Gasteiger partial charge in [0.2, 0.25) is 19.1 Å². The standard InChI is InChI=1S/C19H17N3O5/c1-12(14-4-7-16-17(8-14)27-11-26-16)21-18(23)9-24-15-5-2-13(3-6-15)19-22-20-10-25-19/h2-8,10,12H,9,11H2,1H3,(H,21,23)/t12-/m0/s1. The van der Waals surface area contributed by atoms with Crippen LogP contribution in [0.25, 0.3) is 11.5 Å². The lowest BCUT2D eigenvalue weighted by Crippen LogP contribution is -2.31. The number of aromatic nitrogens is 2. The zero-order chi connectivity index (χ0) is 18.6. The van der Waals surface area contributed by atoms with E-state index in [0.717, 1.165) is 11.1 Å². The topological polar surface area (TPSA) is 95.7 Å². The Hall–Kier alpha value is -3.55. The largest absolute Gasteiger partial charge is 0.484 e. The van der Waals surface area contributed by atoms with Gasteiger partial charge in [-0.2, -0.15) is 0 Å². The van der Waals surface area contributed by atoms with Gasteiger partial charge in [0.15, 0.2) is 18.1 Å². The summed E-state index contributed by atoms with van der Waals surface area (Å²) in [6.45, 7) is 2.03. The van der Waals surface area contributed by atoms with Crippen LogP contribution in [0.15, 0.2) is 53.3 Å². The minimum atomic E-state index is -0.221. The maximum absolute atomic E-state index is 12.2. The Labute approximate surface area is 155 Å². The molecule has 0 saturated carbocycles. The molecular formula is C19H17N3O5. The van der Waals surface area contributed by atoms with E-state index in [9.17, 15) is 4.79 Å². The lowest BCUT2D eigenvalue weighted by molar-refractivity contribution is -0.123. The van der Waals surface area contributed by atoms with Crippen LogP contribution in [-0.2, 0) is 4.79 Å². The second-order valence-electron chi connectivity index (χ2n) is 5.96. The normalized spacial score (nSPS) is 13.2. The Bertz CT molecular complexity index is 925. The van der Waals surface area contributed by atoms with Crippen molar-refractivity contribution in [1.82, 2.24) is 15.5 Å². The van der Waals surface area contributed by atoms with Crippen molar-refractivity contribution in [3.05, 3.63) is 54.4 Å². The lowest BCUT2D eigenvalue weighted by Gasteiger charge is -2.15. The summed E-state index contributed by atoms with van der Waals surface area (Å²) in [5.41, 5.74) is 1.71. The third-order valence-corrected chi connectivity index (χ3v) is 4.11. The number of carbonyl (C=O) groups excluding carboxylic acids is 1. The highest BCUT2D eigenvalue weighted by atomic mass is 16.7. The molecule has 1 aliphatic rings. The molecule has 8 heteroatoms. The fraction of sp³-hybridized carbons (Fsp3) is 0.211. The van der Waals surface area contributed by atoms with E-state index >= 15 is 0 Å². The van der Waals surface area contributed by atoms with Crippen molar-refractivity contribution in [3.8, 4) is 28.7 Å². The molecule has 0 aliphatic carbocycles. The Morgan fingerprint density at radius 3 is 2.78 bits per heavy atom. The molecule has 1 N–H and O–H groups in total. The van der Waals surface area contributed by atoms with E-state index in [1.165, 1.54) is 6.39 Å². The third kappa shape index (κ3) is 3.84. The molecule has 138 valence electrons. The Kier molecular flexibility index (Phi) is 4.61. The van der Waals surface area contributed by atoms with Crippen LogP contribution in [0.1, 0.15) is 18.5 Å². The van der Waals surface area contributed by atoms with Crippen molar-refractivity contribution in [2.24, 2.45) is 0 Å². The summed E-state index contributed by atoms with van der Waals surface area (Å²) in [4.78, 5) is 12.2. The van der Waals surface area contributed by atoms with Crippen LogP contribution in [0.5, 0.6) is 17.2 Å². The number of carbonyl (C=O) groups is 1. The highest BCUT2D eigenvalue weighted by Crippen LogP contribution is 2.34. The molecule has 0 unspecified atom stereocenters. The monoisotopic (exact) mass is 367 g/mol. The first-order valence-electron chi connectivity index (χ1n) is 8.37. The number of amides is 1.